The largest absolute Gasteiger partial charge is 0.508 e. The molecular weight excluding hydrogens is 924 g/mol. The van der Waals surface area contributed by atoms with Gasteiger partial charge in [0.1, 0.15) is 30.3 Å². The molecule has 5 aromatic rings. The monoisotopic (exact) mass is 985 g/mol. The van der Waals surface area contributed by atoms with E-state index in [0.29, 0.717) is 25.9 Å². The molecule has 5 atom stereocenters. The van der Waals surface area contributed by atoms with Gasteiger partial charge in [0.25, 0.3) is 5.88 Å². The van der Waals surface area contributed by atoms with Crippen molar-refractivity contribution in [3.05, 3.63) is 184 Å². The Morgan fingerprint density at radius 2 is 1.48 bits per heavy atom. The van der Waals surface area contributed by atoms with Gasteiger partial charge in [-0.3, -0.25) is 19.4 Å². The number of likely N-dealkylation sites (tertiary alicyclic amines) is 1. The summed E-state index contributed by atoms with van der Waals surface area (Å²) in [6.07, 6.45) is -0.660. The summed E-state index contributed by atoms with van der Waals surface area (Å²) in [6.45, 7) is 19.5. The Morgan fingerprint density at radius 1 is 0.887 bits per heavy atom. The van der Waals surface area contributed by atoms with Gasteiger partial charge in [0.05, 0.1) is 17.2 Å². The van der Waals surface area contributed by atoms with Crippen molar-refractivity contribution in [2.75, 3.05) is 19.6 Å². The highest BCUT2D eigenvalue weighted by molar-refractivity contribution is 6.74. The maximum atomic E-state index is 16.3. The number of aliphatic hydroxyl groups excluding tert-OH is 1. The minimum Gasteiger partial charge on any atom is -0.508 e. The van der Waals surface area contributed by atoms with E-state index >= 15 is 22.8 Å². The van der Waals surface area contributed by atoms with Crippen LogP contribution in [0, 0.1) is 11.8 Å². The number of hydrogen-bond donors (Lipinski definition) is 1. The van der Waals surface area contributed by atoms with Gasteiger partial charge in [-0.1, -0.05) is 124 Å². The zero-order valence-corrected chi connectivity index (χ0v) is 42.1. The van der Waals surface area contributed by atoms with Crippen LogP contribution in [0.1, 0.15) is 112 Å². The third kappa shape index (κ3) is 9.13. The molecule has 0 bridgehead atoms. The molecule has 14 heteroatoms. The molecule has 10 nitrogen and oxygen atoms in total. The van der Waals surface area contributed by atoms with Gasteiger partial charge in [-0.05, 0) is 95.3 Å². The number of alkyl halides is 3. The third-order valence-corrected chi connectivity index (χ3v) is 19.8. The molecule has 1 N–H and O–H groups in total. The third-order valence-electron chi connectivity index (χ3n) is 15.4. The second-order valence-electron chi connectivity index (χ2n) is 20.8. The normalized spacial score (nSPS) is 22.4. The number of benzene rings is 4. The Hall–Kier alpha value is -6.06. The van der Waals surface area contributed by atoms with E-state index in [4.69, 9.17) is 18.4 Å². The second kappa shape index (κ2) is 19.5. The molecule has 71 heavy (non-hydrogen) atoms. The van der Waals surface area contributed by atoms with Gasteiger partial charge in [0.15, 0.2) is 25.5 Å². The molecule has 9 rings (SSSR count). The Bertz CT molecular complexity index is 2830. The fourth-order valence-corrected chi connectivity index (χ4v) is 12.6. The lowest BCUT2D eigenvalue weighted by atomic mass is 9.58. The lowest BCUT2D eigenvalue weighted by molar-refractivity contribution is -0.139. The molecule has 1 aromatic heterocycles. The Balaban J connectivity index is 1.27. The predicted octanol–water partition coefficient (Wildman–Crippen LogP) is 12.7. The Labute approximate surface area is 414 Å². The van der Waals surface area contributed by atoms with Gasteiger partial charge in [-0.2, -0.15) is 13.2 Å². The van der Waals surface area contributed by atoms with E-state index in [1.54, 1.807) is 12.2 Å². The van der Waals surface area contributed by atoms with Gasteiger partial charge in [0.2, 0.25) is 5.78 Å². The van der Waals surface area contributed by atoms with Crippen molar-refractivity contribution in [1.29, 1.82) is 0 Å². The van der Waals surface area contributed by atoms with Crippen LogP contribution in [0.5, 0.6) is 11.6 Å². The summed E-state index contributed by atoms with van der Waals surface area (Å²) in [4.78, 5) is 35.9. The first kappa shape index (κ1) is 49.9. The Morgan fingerprint density at radius 3 is 2.06 bits per heavy atom. The number of rotatable bonds is 16. The lowest BCUT2D eigenvalue weighted by Crippen LogP contribution is -2.65. The van der Waals surface area contributed by atoms with E-state index in [0.717, 1.165) is 16.7 Å². The van der Waals surface area contributed by atoms with Crippen LogP contribution in [0.25, 0.3) is 0 Å². The molecule has 0 radical (unpaired) electrons. The minimum atomic E-state index is -4.88. The van der Waals surface area contributed by atoms with Crippen molar-refractivity contribution in [2.45, 2.75) is 108 Å². The number of aliphatic hydroxyl groups is 1. The summed E-state index contributed by atoms with van der Waals surface area (Å²) in [6, 6.07) is 28.1. The second-order valence-corrected chi connectivity index (χ2v) is 25.5. The number of Topliss-reactive ketones (excluding diaryl/α,β-unsaturated/α-hetero) is 2. The average molecular weight is 986 g/mol. The first-order chi connectivity index (χ1) is 33.9. The van der Waals surface area contributed by atoms with Crippen molar-refractivity contribution in [1.82, 2.24) is 15.0 Å². The molecule has 0 spiro atoms. The maximum Gasteiger partial charge on any atom is 0.417 e. The van der Waals surface area contributed by atoms with Crippen molar-refractivity contribution < 1.29 is 46.3 Å². The number of halogens is 3. The van der Waals surface area contributed by atoms with E-state index < -0.39 is 71.9 Å². The number of hydrogen-bond acceptors (Lipinski definition) is 10. The van der Waals surface area contributed by atoms with Crippen LogP contribution < -0.4 is 9.47 Å². The molecule has 1 saturated heterocycles. The maximum absolute atomic E-state index is 16.3. The quantitative estimate of drug-likeness (QED) is 0.0757. The number of ketones is 2. The van der Waals surface area contributed by atoms with Crippen LogP contribution in [0.2, 0.25) is 18.1 Å². The zero-order valence-electron chi connectivity index (χ0n) is 41.1. The molecule has 1 aliphatic heterocycles. The van der Waals surface area contributed by atoms with Crippen LogP contribution in [-0.2, 0) is 36.8 Å². The van der Waals surface area contributed by atoms with Gasteiger partial charge >= 0.3 is 6.18 Å². The fourth-order valence-electron chi connectivity index (χ4n) is 11.1. The number of nitrogens with zero attached hydrogens (tertiary/aromatic N) is 3. The molecule has 0 saturated carbocycles. The summed E-state index contributed by atoms with van der Waals surface area (Å²) in [5.74, 6) is -4.11. The smallest absolute Gasteiger partial charge is 0.417 e. The summed E-state index contributed by atoms with van der Waals surface area (Å²) in [5, 5.41) is 17.2. The van der Waals surface area contributed by atoms with Crippen LogP contribution in [0.15, 0.2) is 138 Å². The van der Waals surface area contributed by atoms with Crippen LogP contribution in [-0.4, -0.2) is 65.2 Å². The molecule has 0 amide bonds. The zero-order chi connectivity index (χ0) is 50.5. The molecule has 1 unspecified atom stereocenters. The van der Waals surface area contributed by atoms with Crippen LogP contribution in [0.3, 0.4) is 0 Å². The standard InChI is InChI=1S/C57H62F3N3O7Si/c1-8-27-62(28-9-2)49-42-31-39-30-41-46(44(67-34-37-22-15-11-16-23-37)32-40(48(41)57(58,59)60)43-26-19-29-63(43)33-36-20-13-10-14-21-36)50(64)45(39)52(65)56(42,70-71(6,7)55(3,4)5)53(66)47-51(49)69-61-54(47)68-35-38-24-17-12-18-25-38/h8-18,20-25,32,39,42-43,49,65H,1-2,19,26-31,33-35H2,3-7H3/t39-,42-,43?,49-,56-/m0/s1. The van der Waals surface area contributed by atoms with Gasteiger partial charge < -0.3 is 23.5 Å². The first-order valence-corrected chi connectivity index (χ1v) is 27.4. The number of allylic oxidation sites excluding steroid dienone is 1. The highest BCUT2D eigenvalue weighted by atomic mass is 28.4. The molecular formula is C57H62F3N3O7Si. The van der Waals surface area contributed by atoms with Crippen molar-refractivity contribution >= 4 is 19.9 Å². The number of carbonyl (C=O) groups excluding carboxylic acids is 2. The van der Waals surface area contributed by atoms with E-state index in [1.807, 2.05) is 130 Å². The lowest BCUT2D eigenvalue weighted by Gasteiger charge is -2.55. The van der Waals surface area contributed by atoms with E-state index in [1.165, 1.54) is 6.07 Å². The average Bonchev–Trinajstić information content (AvgIpc) is 3.98. The Kier molecular flexibility index (Phi) is 13.7. The van der Waals surface area contributed by atoms with Crippen molar-refractivity contribution in [3.63, 3.8) is 0 Å². The number of aromatic nitrogens is 1. The minimum absolute atomic E-state index is 0.0161. The molecule has 4 aromatic carbocycles. The SMILES string of the molecule is C=CCN(CC=C)[C@@H]1c2onc(OCc3ccccc3)c2C(=O)[C@@]2(O[Si](C)(C)C(C)(C)C)C(O)=C3C(=O)c4c(OCc5ccccc5)cc(C5CCCN5Cc5ccccc5)c(C(F)(F)F)c4C[C@H]3C[C@@H]12. The fraction of sp³-hybridized carbons (Fsp3) is 0.386. The van der Waals surface area contributed by atoms with Crippen molar-refractivity contribution in [2.24, 2.45) is 11.8 Å². The number of fused-ring (bicyclic) bond motifs is 4. The molecule has 372 valence electrons. The topological polar surface area (TPSA) is 115 Å². The van der Waals surface area contributed by atoms with Gasteiger partial charge in [-0.25, -0.2) is 0 Å². The van der Waals surface area contributed by atoms with Gasteiger partial charge in [0, 0.05) is 37.2 Å². The first-order valence-electron chi connectivity index (χ1n) is 24.5. The molecule has 3 aliphatic carbocycles. The van der Waals surface area contributed by atoms with E-state index in [2.05, 4.69) is 23.2 Å². The highest BCUT2D eigenvalue weighted by Crippen LogP contribution is 2.61. The number of carbonyl (C=O) groups is 2. The van der Waals surface area contributed by atoms with E-state index in [9.17, 15) is 5.11 Å². The van der Waals surface area contributed by atoms with Gasteiger partial charge in [-0.15, -0.1) is 13.2 Å². The van der Waals surface area contributed by atoms with Crippen molar-refractivity contribution in [3.8, 4) is 11.6 Å². The van der Waals surface area contributed by atoms with Crippen LogP contribution >= 0.6 is 0 Å². The van der Waals surface area contributed by atoms with E-state index in [-0.39, 0.29) is 84.4 Å². The summed E-state index contributed by atoms with van der Waals surface area (Å²) < 4.78 is 75.1. The molecule has 2 heterocycles. The molecule has 1 fully saturated rings. The predicted molar refractivity (Wildman–Crippen MR) is 268 cm³/mol. The summed E-state index contributed by atoms with van der Waals surface area (Å²) in [7, 11) is -3.14. The summed E-state index contributed by atoms with van der Waals surface area (Å²) >= 11 is 0. The highest BCUT2D eigenvalue weighted by Gasteiger charge is 2.68. The summed E-state index contributed by atoms with van der Waals surface area (Å²) in [5.41, 5.74) is -1.18. The van der Waals surface area contributed by atoms with Crippen LogP contribution in [0.4, 0.5) is 13.2 Å². The molecule has 4 aliphatic rings. The number of ether oxygens (including phenoxy) is 2.